The van der Waals surface area contributed by atoms with E-state index in [0.29, 0.717) is 33.8 Å². The molecule has 4 aromatic heterocycles. The highest BCUT2D eigenvalue weighted by Crippen LogP contribution is 2.41. The van der Waals surface area contributed by atoms with Gasteiger partial charge in [-0.2, -0.15) is 5.10 Å². The van der Waals surface area contributed by atoms with E-state index in [4.69, 9.17) is 4.98 Å². The van der Waals surface area contributed by atoms with Crippen molar-refractivity contribution in [2.24, 2.45) is 0 Å². The van der Waals surface area contributed by atoms with Crippen LogP contribution < -0.4 is 10.9 Å². The first-order chi connectivity index (χ1) is 15.9. The summed E-state index contributed by atoms with van der Waals surface area (Å²) in [5.74, 6) is 0.149. The summed E-state index contributed by atoms with van der Waals surface area (Å²) >= 11 is 0. The van der Waals surface area contributed by atoms with Gasteiger partial charge in [-0.3, -0.25) is 14.6 Å². The molecule has 0 bridgehead atoms. The van der Waals surface area contributed by atoms with Crippen molar-refractivity contribution in [3.63, 3.8) is 0 Å². The van der Waals surface area contributed by atoms with Crippen LogP contribution in [0.3, 0.4) is 0 Å². The van der Waals surface area contributed by atoms with Crippen LogP contribution in [-0.2, 0) is 6.54 Å². The first-order valence-corrected chi connectivity index (χ1v) is 11.2. The van der Waals surface area contributed by atoms with Crippen LogP contribution in [0.4, 0.5) is 0 Å². The summed E-state index contributed by atoms with van der Waals surface area (Å²) in [4.78, 5) is 37.7. The molecule has 0 saturated heterocycles. The predicted molar refractivity (Wildman–Crippen MR) is 126 cm³/mol. The third-order valence-electron chi connectivity index (χ3n) is 6.02. The monoisotopic (exact) mass is 442 g/mol. The van der Waals surface area contributed by atoms with Gasteiger partial charge in [-0.25, -0.2) is 9.67 Å². The second kappa shape index (κ2) is 8.27. The molecule has 1 aliphatic rings. The van der Waals surface area contributed by atoms with Gasteiger partial charge in [0, 0.05) is 41.8 Å². The molecule has 8 nitrogen and oxygen atoms in total. The summed E-state index contributed by atoms with van der Waals surface area (Å²) in [5.41, 5.74) is 5.05. The molecule has 0 aliphatic heterocycles. The number of fused-ring (bicyclic) bond motifs is 1. The third-order valence-corrected chi connectivity index (χ3v) is 6.02. The highest BCUT2D eigenvalue weighted by Gasteiger charge is 2.28. The van der Waals surface area contributed by atoms with Gasteiger partial charge in [0.1, 0.15) is 0 Å². The van der Waals surface area contributed by atoms with Crippen molar-refractivity contribution in [1.82, 2.24) is 30.0 Å². The van der Waals surface area contributed by atoms with Crippen molar-refractivity contribution < 1.29 is 4.79 Å². The van der Waals surface area contributed by atoms with E-state index in [1.54, 1.807) is 24.7 Å². The first-order valence-electron chi connectivity index (χ1n) is 11.2. The minimum atomic E-state index is -0.261. The molecular formula is C25H26N6O2. The van der Waals surface area contributed by atoms with Crippen molar-refractivity contribution in [3.8, 4) is 11.3 Å². The smallest absolute Gasteiger partial charge is 0.253 e. The maximum atomic E-state index is 13.4. The lowest BCUT2D eigenvalue weighted by Gasteiger charge is -2.12. The SMILES string of the molecule is Cc1cc(C2CC2)c(CNC(=O)c2cc(-c3ccncc3)nc3c2cnn3C(C)C)c(=O)[nH]1. The van der Waals surface area contributed by atoms with Gasteiger partial charge in [-0.15, -0.1) is 0 Å². The topological polar surface area (TPSA) is 106 Å². The van der Waals surface area contributed by atoms with Crippen LogP contribution in [0.15, 0.2) is 47.7 Å². The van der Waals surface area contributed by atoms with Crippen LogP contribution in [0.25, 0.3) is 22.3 Å². The molecule has 2 N–H and O–H groups in total. The number of pyridine rings is 3. The number of amides is 1. The summed E-state index contributed by atoms with van der Waals surface area (Å²) in [6.45, 7) is 6.11. The largest absolute Gasteiger partial charge is 0.348 e. The Kier molecular flexibility index (Phi) is 5.28. The Morgan fingerprint density at radius 1 is 1.24 bits per heavy atom. The summed E-state index contributed by atoms with van der Waals surface area (Å²) < 4.78 is 1.81. The van der Waals surface area contributed by atoms with E-state index >= 15 is 0 Å². The number of rotatable bonds is 6. The summed E-state index contributed by atoms with van der Waals surface area (Å²) in [6.07, 6.45) is 7.24. The van der Waals surface area contributed by atoms with Gasteiger partial charge < -0.3 is 10.3 Å². The minimum absolute atomic E-state index is 0.0887. The maximum absolute atomic E-state index is 13.4. The third kappa shape index (κ3) is 4.04. The number of hydrogen-bond acceptors (Lipinski definition) is 5. The number of carbonyl (C=O) groups excluding carboxylic acids is 1. The average Bonchev–Trinajstić information content (AvgIpc) is 3.56. The average molecular weight is 443 g/mol. The molecule has 33 heavy (non-hydrogen) atoms. The van der Waals surface area contributed by atoms with Crippen molar-refractivity contribution in [1.29, 1.82) is 0 Å². The van der Waals surface area contributed by atoms with Gasteiger partial charge >= 0.3 is 0 Å². The minimum Gasteiger partial charge on any atom is -0.348 e. The van der Waals surface area contributed by atoms with Crippen LogP contribution in [0.5, 0.6) is 0 Å². The summed E-state index contributed by atoms with van der Waals surface area (Å²) in [6, 6.07) is 7.62. The highest BCUT2D eigenvalue weighted by molar-refractivity contribution is 6.06. The number of hydrogen-bond donors (Lipinski definition) is 2. The van der Waals surface area contributed by atoms with Crippen LogP contribution >= 0.6 is 0 Å². The molecule has 0 radical (unpaired) electrons. The molecule has 0 spiro atoms. The van der Waals surface area contributed by atoms with E-state index in [0.717, 1.165) is 29.7 Å². The lowest BCUT2D eigenvalue weighted by Crippen LogP contribution is -2.28. The molecule has 0 unspecified atom stereocenters. The second-order valence-electron chi connectivity index (χ2n) is 8.88. The van der Waals surface area contributed by atoms with Crippen molar-refractivity contribution in [2.45, 2.75) is 52.1 Å². The van der Waals surface area contributed by atoms with Gasteiger partial charge in [0.2, 0.25) is 0 Å². The van der Waals surface area contributed by atoms with Gasteiger partial charge in [0.15, 0.2) is 5.65 Å². The number of H-pyrrole nitrogens is 1. The number of aromatic nitrogens is 5. The van der Waals surface area contributed by atoms with Crippen LogP contribution in [0, 0.1) is 6.92 Å². The summed E-state index contributed by atoms with van der Waals surface area (Å²) in [5, 5.41) is 8.12. The molecule has 1 aliphatic carbocycles. The van der Waals surface area contributed by atoms with Gasteiger partial charge in [-0.05, 0) is 69.4 Å². The Morgan fingerprint density at radius 3 is 2.70 bits per heavy atom. The lowest BCUT2D eigenvalue weighted by molar-refractivity contribution is 0.0952. The van der Waals surface area contributed by atoms with Gasteiger partial charge in [0.05, 0.1) is 22.8 Å². The number of nitrogens with one attached hydrogen (secondary N) is 2. The number of carbonyl (C=O) groups is 1. The molecule has 1 amide bonds. The van der Waals surface area contributed by atoms with Crippen molar-refractivity contribution in [3.05, 3.63) is 75.6 Å². The van der Waals surface area contributed by atoms with Gasteiger partial charge in [-0.1, -0.05) is 0 Å². The van der Waals surface area contributed by atoms with Crippen molar-refractivity contribution >= 4 is 16.9 Å². The Hall–Kier alpha value is -3.81. The van der Waals surface area contributed by atoms with Crippen LogP contribution in [0.1, 0.15) is 65.8 Å². The van der Waals surface area contributed by atoms with Gasteiger partial charge in [0.25, 0.3) is 11.5 Å². The fourth-order valence-corrected chi connectivity index (χ4v) is 4.20. The van der Waals surface area contributed by atoms with E-state index in [9.17, 15) is 9.59 Å². The molecule has 4 heterocycles. The number of nitrogens with zero attached hydrogens (tertiary/aromatic N) is 4. The molecule has 0 aromatic carbocycles. The highest BCUT2D eigenvalue weighted by atomic mass is 16.1. The first kappa shape index (κ1) is 21.1. The quantitative estimate of drug-likeness (QED) is 0.471. The zero-order valence-corrected chi connectivity index (χ0v) is 18.9. The fraction of sp³-hybridized carbons (Fsp3) is 0.320. The van der Waals surface area contributed by atoms with E-state index < -0.39 is 0 Å². The maximum Gasteiger partial charge on any atom is 0.253 e. The molecule has 1 saturated carbocycles. The Morgan fingerprint density at radius 2 is 2.00 bits per heavy atom. The van der Waals surface area contributed by atoms with Crippen LogP contribution in [-0.4, -0.2) is 30.6 Å². The normalized spacial score (nSPS) is 13.6. The molecule has 1 fully saturated rings. The van der Waals surface area contributed by atoms with E-state index in [-0.39, 0.29) is 24.1 Å². The summed E-state index contributed by atoms with van der Waals surface area (Å²) in [7, 11) is 0. The lowest BCUT2D eigenvalue weighted by atomic mass is 10.0. The predicted octanol–water partition coefficient (Wildman–Crippen LogP) is 3.88. The molecular weight excluding hydrogens is 416 g/mol. The molecule has 0 atom stereocenters. The van der Waals surface area contributed by atoms with E-state index in [1.807, 2.05) is 43.7 Å². The molecule has 168 valence electrons. The van der Waals surface area contributed by atoms with E-state index in [2.05, 4.69) is 20.4 Å². The number of aryl methyl sites for hydroxylation is 1. The fourth-order valence-electron chi connectivity index (χ4n) is 4.20. The standard InChI is InChI=1S/C25H26N6O2/c1-14(2)31-23-20(13-28-31)19(11-22(30-23)17-6-8-26-9-7-17)24(32)27-12-21-18(16-4-5-16)10-15(3)29-25(21)33/h6-11,13-14,16H,4-5,12H2,1-3H3,(H,27,32)(H,29,33). The van der Waals surface area contributed by atoms with Crippen molar-refractivity contribution in [2.75, 3.05) is 0 Å². The van der Waals surface area contributed by atoms with E-state index in [1.165, 1.54) is 0 Å². The molecule has 5 rings (SSSR count). The number of aromatic amines is 1. The molecule has 8 heteroatoms. The Balaban J connectivity index is 1.53. The zero-order valence-electron chi connectivity index (χ0n) is 18.9. The molecule has 4 aromatic rings. The second-order valence-corrected chi connectivity index (χ2v) is 8.88. The Labute approximate surface area is 191 Å². The zero-order chi connectivity index (χ0) is 23.1. The van der Waals surface area contributed by atoms with Crippen LogP contribution in [0.2, 0.25) is 0 Å². The Bertz CT molecular complexity index is 1400.